The molecule has 0 saturated carbocycles. The first-order valence-corrected chi connectivity index (χ1v) is 5.94. The van der Waals surface area contributed by atoms with Crippen molar-refractivity contribution in [3.05, 3.63) is 29.6 Å². The molecule has 2 heterocycles. The highest BCUT2D eigenvalue weighted by atomic mass is 32.2. The minimum Gasteiger partial charge on any atom is -0.346 e. The molecule has 1 aromatic rings. The van der Waals surface area contributed by atoms with Crippen LogP contribution in [0.2, 0.25) is 0 Å². The minimum absolute atomic E-state index is 0.441. The van der Waals surface area contributed by atoms with Crippen LogP contribution in [0.3, 0.4) is 0 Å². The monoisotopic (exact) mass is 261 g/mol. The van der Waals surface area contributed by atoms with Crippen molar-refractivity contribution in [1.82, 2.24) is 9.88 Å². The molecule has 0 spiro atoms. The van der Waals surface area contributed by atoms with E-state index in [4.69, 9.17) is 5.41 Å². The van der Waals surface area contributed by atoms with Crippen molar-refractivity contribution in [3.8, 4) is 0 Å². The Labute approximate surface area is 101 Å². The van der Waals surface area contributed by atoms with E-state index in [0.29, 0.717) is 17.3 Å². The Morgan fingerprint density at radius 2 is 2.18 bits per heavy atom. The van der Waals surface area contributed by atoms with Crippen molar-refractivity contribution in [2.45, 2.75) is 12.7 Å². The van der Waals surface area contributed by atoms with Crippen molar-refractivity contribution in [2.75, 3.05) is 12.3 Å². The molecule has 1 saturated heterocycles. The normalized spacial score (nSPS) is 16.6. The minimum atomic E-state index is -4.39. The molecule has 0 aromatic carbocycles. The molecule has 17 heavy (non-hydrogen) atoms. The third-order valence-corrected chi connectivity index (χ3v) is 3.29. The van der Waals surface area contributed by atoms with E-state index in [2.05, 4.69) is 4.98 Å². The molecule has 1 N–H and O–H groups in total. The van der Waals surface area contributed by atoms with Crippen LogP contribution in [-0.4, -0.2) is 27.3 Å². The molecule has 3 nitrogen and oxygen atoms in total. The fourth-order valence-corrected chi connectivity index (χ4v) is 2.35. The van der Waals surface area contributed by atoms with Gasteiger partial charge in [-0.3, -0.25) is 10.4 Å². The maximum Gasteiger partial charge on any atom is 0.433 e. The summed E-state index contributed by atoms with van der Waals surface area (Å²) in [7, 11) is 0. The van der Waals surface area contributed by atoms with Gasteiger partial charge in [0.05, 0.1) is 0 Å². The second kappa shape index (κ2) is 4.56. The molecule has 1 fully saturated rings. The number of aromatic nitrogens is 1. The molecular weight excluding hydrogens is 251 g/mol. The quantitative estimate of drug-likeness (QED) is 0.889. The number of rotatable bonds is 2. The van der Waals surface area contributed by atoms with Gasteiger partial charge in [0.1, 0.15) is 5.69 Å². The molecule has 7 heteroatoms. The smallest absolute Gasteiger partial charge is 0.346 e. The average Bonchev–Trinajstić information content (AvgIpc) is 2.64. The fraction of sp³-hybridized carbons (Fsp3) is 0.400. The Morgan fingerprint density at radius 3 is 2.65 bits per heavy atom. The maximum absolute atomic E-state index is 12.3. The van der Waals surface area contributed by atoms with Gasteiger partial charge in [-0.15, -0.1) is 0 Å². The molecule has 0 radical (unpaired) electrons. The van der Waals surface area contributed by atoms with Crippen LogP contribution in [-0.2, 0) is 12.7 Å². The molecule has 92 valence electrons. The summed E-state index contributed by atoms with van der Waals surface area (Å²) in [6.45, 7) is 1.20. The van der Waals surface area contributed by atoms with E-state index < -0.39 is 11.9 Å². The number of hydrogen-bond donors (Lipinski definition) is 1. The van der Waals surface area contributed by atoms with Crippen molar-refractivity contribution in [1.29, 1.82) is 5.41 Å². The summed E-state index contributed by atoms with van der Waals surface area (Å²) >= 11 is 1.44. The molecule has 0 bridgehead atoms. The van der Waals surface area contributed by atoms with Crippen LogP contribution in [0.1, 0.15) is 11.3 Å². The zero-order valence-corrected chi connectivity index (χ0v) is 9.61. The summed E-state index contributed by atoms with van der Waals surface area (Å²) in [6.07, 6.45) is -3.17. The zero-order chi connectivity index (χ0) is 12.5. The van der Waals surface area contributed by atoms with Crippen molar-refractivity contribution < 1.29 is 13.2 Å². The first-order chi connectivity index (χ1) is 7.97. The SMILES string of the molecule is N=C1SCCN1Cc1ccc(C(F)(F)F)nc1. The summed E-state index contributed by atoms with van der Waals surface area (Å²) in [5.41, 5.74) is -0.197. The van der Waals surface area contributed by atoms with Gasteiger partial charge in [-0.1, -0.05) is 17.8 Å². The van der Waals surface area contributed by atoms with E-state index in [1.165, 1.54) is 24.0 Å². The second-order valence-electron chi connectivity index (χ2n) is 3.62. The molecule has 0 amide bonds. The standard InChI is InChI=1S/C10H10F3N3S/c11-10(12,13)8-2-1-7(5-15-8)6-16-3-4-17-9(16)14/h1-2,5,14H,3-4,6H2. The van der Waals surface area contributed by atoms with Gasteiger partial charge >= 0.3 is 6.18 Å². The lowest BCUT2D eigenvalue weighted by molar-refractivity contribution is -0.141. The molecule has 1 aliphatic rings. The Morgan fingerprint density at radius 1 is 1.41 bits per heavy atom. The van der Waals surface area contributed by atoms with Crippen LogP contribution >= 0.6 is 11.8 Å². The largest absolute Gasteiger partial charge is 0.433 e. The van der Waals surface area contributed by atoms with E-state index in [1.54, 1.807) is 0 Å². The first-order valence-electron chi connectivity index (χ1n) is 4.95. The van der Waals surface area contributed by atoms with Crippen molar-refractivity contribution in [3.63, 3.8) is 0 Å². The van der Waals surface area contributed by atoms with Crippen molar-refractivity contribution in [2.24, 2.45) is 0 Å². The van der Waals surface area contributed by atoms with Crippen LogP contribution in [0, 0.1) is 5.41 Å². The van der Waals surface area contributed by atoms with Crippen LogP contribution in [0.4, 0.5) is 13.2 Å². The highest BCUT2D eigenvalue weighted by Crippen LogP contribution is 2.27. The van der Waals surface area contributed by atoms with E-state index in [0.717, 1.165) is 18.4 Å². The number of halogens is 3. The van der Waals surface area contributed by atoms with Crippen LogP contribution < -0.4 is 0 Å². The maximum atomic E-state index is 12.3. The summed E-state index contributed by atoms with van der Waals surface area (Å²) in [6, 6.07) is 2.38. The lowest BCUT2D eigenvalue weighted by Gasteiger charge is -2.16. The zero-order valence-electron chi connectivity index (χ0n) is 8.79. The molecule has 2 rings (SSSR count). The number of thioether (sulfide) groups is 1. The highest BCUT2D eigenvalue weighted by Gasteiger charge is 2.32. The van der Waals surface area contributed by atoms with E-state index >= 15 is 0 Å². The van der Waals surface area contributed by atoms with Crippen molar-refractivity contribution >= 4 is 16.9 Å². The fourth-order valence-electron chi connectivity index (χ4n) is 1.50. The lowest BCUT2D eigenvalue weighted by atomic mass is 10.2. The third-order valence-electron chi connectivity index (χ3n) is 2.38. The number of hydrogen-bond acceptors (Lipinski definition) is 3. The van der Waals surface area contributed by atoms with Gasteiger partial charge in [0, 0.05) is 25.0 Å². The second-order valence-corrected chi connectivity index (χ2v) is 4.71. The van der Waals surface area contributed by atoms with Crippen LogP contribution in [0.15, 0.2) is 18.3 Å². The number of nitrogens with zero attached hydrogens (tertiary/aromatic N) is 2. The predicted molar refractivity (Wildman–Crippen MR) is 59.8 cm³/mol. The summed E-state index contributed by atoms with van der Waals surface area (Å²) in [5.74, 6) is 0.854. The molecular formula is C10H10F3N3S. The van der Waals surface area contributed by atoms with Crippen LogP contribution in [0.5, 0.6) is 0 Å². The van der Waals surface area contributed by atoms with Crippen LogP contribution in [0.25, 0.3) is 0 Å². The Bertz CT molecular complexity index is 416. The average molecular weight is 261 g/mol. The van der Waals surface area contributed by atoms with Gasteiger partial charge in [-0.2, -0.15) is 13.2 Å². The molecule has 0 atom stereocenters. The Kier molecular flexibility index (Phi) is 3.28. The Balaban J connectivity index is 2.06. The number of pyridine rings is 1. The van der Waals surface area contributed by atoms with E-state index in [1.807, 2.05) is 4.90 Å². The third kappa shape index (κ3) is 2.91. The van der Waals surface area contributed by atoms with Gasteiger partial charge in [0.2, 0.25) is 0 Å². The number of nitrogens with one attached hydrogen (secondary N) is 1. The summed E-state index contributed by atoms with van der Waals surface area (Å²) in [5, 5.41) is 8.05. The Hall–Kier alpha value is -1.24. The van der Waals surface area contributed by atoms with Gasteiger partial charge < -0.3 is 4.90 Å². The topological polar surface area (TPSA) is 40.0 Å². The predicted octanol–water partition coefficient (Wildman–Crippen LogP) is 2.58. The van der Waals surface area contributed by atoms with E-state index in [-0.39, 0.29) is 0 Å². The summed E-state index contributed by atoms with van der Waals surface area (Å²) in [4.78, 5) is 5.20. The number of amidine groups is 1. The van der Waals surface area contributed by atoms with E-state index in [9.17, 15) is 13.2 Å². The highest BCUT2D eigenvalue weighted by molar-refractivity contribution is 8.14. The molecule has 0 aliphatic carbocycles. The van der Waals surface area contributed by atoms with Gasteiger partial charge in [0.15, 0.2) is 5.17 Å². The first kappa shape index (κ1) is 12.2. The summed E-state index contributed by atoms with van der Waals surface area (Å²) < 4.78 is 36.8. The van der Waals surface area contributed by atoms with Gasteiger partial charge in [-0.25, -0.2) is 0 Å². The number of alkyl halides is 3. The van der Waals surface area contributed by atoms with Gasteiger partial charge in [0.25, 0.3) is 0 Å². The molecule has 1 aliphatic heterocycles. The molecule has 0 unspecified atom stereocenters. The molecule has 1 aromatic heterocycles. The van der Waals surface area contributed by atoms with Gasteiger partial charge in [-0.05, 0) is 11.6 Å². The lowest BCUT2D eigenvalue weighted by Crippen LogP contribution is -2.23.